The Morgan fingerprint density at radius 3 is 2.65 bits per heavy atom. The predicted octanol–water partition coefficient (Wildman–Crippen LogP) is 3.17. The largest absolute Gasteiger partial charge is 0.484 e. The molecule has 1 heterocycles. The van der Waals surface area contributed by atoms with E-state index in [0.29, 0.717) is 36.9 Å². The molecule has 1 amide bonds. The van der Waals surface area contributed by atoms with E-state index in [0.717, 1.165) is 11.1 Å². The summed E-state index contributed by atoms with van der Waals surface area (Å²) < 4.78 is 10.7. The van der Waals surface area contributed by atoms with Crippen LogP contribution in [-0.4, -0.2) is 29.2 Å². The van der Waals surface area contributed by atoms with Gasteiger partial charge in [-0.3, -0.25) is 4.79 Å². The molecule has 26 heavy (non-hydrogen) atoms. The van der Waals surface area contributed by atoms with Crippen molar-refractivity contribution < 1.29 is 14.1 Å². The monoisotopic (exact) mass is 351 g/mol. The Morgan fingerprint density at radius 1 is 1.12 bits per heavy atom. The minimum Gasteiger partial charge on any atom is -0.484 e. The number of hydrogen-bond acceptors (Lipinski definition) is 5. The smallest absolute Gasteiger partial charge is 0.257 e. The second-order valence-corrected chi connectivity index (χ2v) is 5.93. The molecule has 0 aliphatic heterocycles. The van der Waals surface area contributed by atoms with Crippen molar-refractivity contribution in [3.05, 3.63) is 66.1 Å². The van der Waals surface area contributed by atoms with E-state index in [-0.39, 0.29) is 12.5 Å². The molecule has 0 saturated heterocycles. The van der Waals surface area contributed by atoms with Gasteiger partial charge in [-0.05, 0) is 25.5 Å². The summed E-state index contributed by atoms with van der Waals surface area (Å²) in [5, 5.41) is 6.80. The maximum atomic E-state index is 11.8. The van der Waals surface area contributed by atoms with E-state index < -0.39 is 0 Å². The van der Waals surface area contributed by atoms with Crippen LogP contribution in [0.1, 0.15) is 17.9 Å². The lowest BCUT2D eigenvalue weighted by molar-refractivity contribution is -0.123. The standard InChI is InChI=1S/C20H21N3O3/c1-15-9-11-17(12-10-15)25-14-18(24)21-13-5-8-19-22-20(23-26-19)16-6-3-2-4-7-16/h2-4,6-7,9-12H,5,8,13-14H2,1H3,(H,21,24). The highest BCUT2D eigenvalue weighted by atomic mass is 16.5. The summed E-state index contributed by atoms with van der Waals surface area (Å²) >= 11 is 0. The molecule has 1 N–H and O–H groups in total. The van der Waals surface area contributed by atoms with Crippen molar-refractivity contribution in [1.29, 1.82) is 0 Å². The summed E-state index contributed by atoms with van der Waals surface area (Å²) in [6.45, 7) is 2.53. The molecule has 134 valence electrons. The first kappa shape index (κ1) is 17.7. The number of hydrogen-bond donors (Lipinski definition) is 1. The van der Waals surface area contributed by atoms with E-state index in [1.165, 1.54) is 0 Å². The number of ether oxygens (including phenoxy) is 1. The fourth-order valence-electron chi connectivity index (χ4n) is 2.36. The Labute approximate surface area is 152 Å². The molecule has 0 bridgehead atoms. The zero-order valence-electron chi connectivity index (χ0n) is 14.6. The van der Waals surface area contributed by atoms with Crippen LogP contribution in [-0.2, 0) is 11.2 Å². The maximum absolute atomic E-state index is 11.8. The van der Waals surface area contributed by atoms with E-state index in [9.17, 15) is 4.79 Å². The molecule has 6 heteroatoms. The third-order valence-corrected chi connectivity index (χ3v) is 3.78. The molecule has 0 fully saturated rings. The highest BCUT2D eigenvalue weighted by molar-refractivity contribution is 5.77. The number of amides is 1. The van der Waals surface area contributed by atoms with Crippen molar-refractivity contribution in [2.24, 2.45) is 0 Å². The van der Waals surface area contributed by atoms with E-state index in [4.69, 9.17) is 9.26 Å². The molecule has 0 unspecified atom stereocenters. The van der Waals surface area contributed by atoms with Crippen molar-refractivity contribution in [1.82, 2.24) is 15.5 Å². The van der Waals surface area contributed by atoms with Crippen LogP contribution in [0.4, 0.5) is 0 Å². The number of aromatic nitrogens is 2. The minimum atomic E-state index is -0.152. The maximum Gasteiger partial charge on any atom is 0.257 e. The van der Waals surface area contributed by atoms with Gasteiger partial charge in [-0.2, -0.15) is 4.98 Å². The lowest BCUT2D eigenvalue weighted by atomic mass is 10.2. The molecule has 0 atom stereocenters. The number of benzene rings is 2. The summed E-state index contributed by atoms with van der Waals surface area (Å²) in [7, 11) is 0. The number of carbonyl (C=O) groups is 1. The molecule has 0 saturated carbocycles. The molecule has 3 rings (SSSR count). The van der Waals surface area contributed by atoms with Crippen molar-refractivity contribution >= 4 is 5.91 Å². The van der Waals surface area contributed by atoms with Crippen molar-refractivity contribution in [2.75, 3.05) is 13.2 Å². The Morgan fingerprint density at radius 2 is 1.88 bits per heavy atom. The van der Waals surface area contributed by atoms with Crippen LogP contribution in [0, 0.1) is 6.92 Å². The minimum absolute atomic E-state index is 0.00176. The second-order valence-electron chi connectivity index (χ2n) is 5.93. The third-order valence-electron chi connectivity index (χ3n) is 3.78. The van der Waals surface area contributed by atoms with Crippen LogP contribution in [0.2, 0.25) is 0 Å². The van der Waals surface area contributed by atoms with Gasteiger partial charge in [0.2, 0.25) is 11.7 Å². The highest BCUT2D eigenvalue weighted by Gasteiger charge is 2.08. The summed E-state index contributed by atoms with van der Waals surface area (Å²) in [5.74, 6) is 1.68. The highest BCUT2D eigenvalue weighted by Crippen LogP contribution is 2.15. The van der Waals surface area contributed by atoms with Crippen molar-refractivity contribution in [3.8, 4) is 17.1 Å². The van der Waals surface area contributed by atoms with E-state index in [1.54, 1.807) is 0 Å². The second kappa shape index (κ2) is 8.80. The summed E-state index contributed by atoms with van der Waals surface area (Å²) in [4.78, 5) is 16.2. The average Bonchev–Trinajstić information content (AvgIpc) is 3.14. The molecule has 1 aromatic heterocycles. The Hall–Kier alpha value is -3.15. The first-order valence-corrected chi connectivity index (χ1v) is 8.55. The fraction of sp³-hybridized carbons (Fsp3) is 0.250. The average molecular weight is 351 g/mol. The summed E-state index contributed by atoms with van der Waals surface area (Å²) in [6.07, 6.45) is 1.33. The van der Waals surface area contributed by atoms with Gasteiger partial charge in [0, 0.05) is 18.5 Å². The summed E-state index contributed by atoms with van der Waals surface area (Å²) in [6, 6.07) is 17.3. The molecule has 3 aromatic rings. The van der Waals surface area contributed by atoms with Gasteiger partial charge in [0.1, 0.15) is 5.75 Å². The molecule has 2 aromatic carbocycles. The molecule has 6 nitrogen and oxygen atoms in total. The molecule has 0 spiro atoms. The number of carbonyl (C=O) groups excluding carboxylic acids is 1. The van der Waals surface area contributed by atoms with Gasteiger partial charge in [-0.15, -0.1) is 0 Å². The number of nitrogens with zero attached hydrogens (tertiary/aromatic N) is 2. The Bertz CT molecular complexity index is 829. The fourth-order valence-corrected chi connectivity index (χ4v) is 2.36. The van der Waals surface area contributed by atoms with Crippen molar-refractivity contribution in [3.63, 3.8) is 0 Å². The topological polar surface area (TPSA) is 77.2 Å². The van der Waals surface area contributed by atoms with Gasteiger partial charge >= 0.3 is 0 Å². The van der Waals surface area contributed by atoms with Gasteiger partial charge in [0.25, 0.3) is 5.91 Å². The molecule has 0 radical (unpaired) electrons. The zero-order valence-corrected chi connectivity index (χ0v) is 14.6. The van der Waals surface area contributed by atoms with Gasteiger partial charge in [-0.1, -0.05) is 53.2 Å². The van der Waals surface area contributed by atoms with Gasteiger partial charge in [-0.25, -0.2) is 0 Å². The van der Waals surface area contributed by atoms with E-state index in [1.807, 2.05) is 61.5 Å². The normalized spacial score (nSPS) is 10.5. The van der Waals surface area contributed by atoms with Gasteiger partial charge in [0.05, 0.1) is 0 Å². The zero-order chi connectivity index (χ0) is 18.2. The molecule has 0 aliphatic carbocycles. The van der Waals surface area contributed by atoms with Crippen LogP contribution in [0.3, 0.4) is 0 Å². The SMILES string of the molecule is Cc1ccc(OCC(=O)NCCCc2nc(-c3ccccc3)no2)cc1. The van der Waals surface area contributed by atoms with Crippen LogP contribution in [0.25, 0.3) is 11.4 Å². The number of nitrogens with one attached hydrogen (secondary N) is 1. The lowest BCUT2D eigenvalue weighted by Gasteiger charge is -2.07. The lowest BCUT2D eigenvalue weighted by Crippen LogP contribution is -2.29. The van der Waals surface area contributed by atoms with E-state index in [2.05, 4.69) is 15.5 Å². The quantitative estimate of drug-likeness (QED) is 0.631. The Kier molecular flexibility index (Phi) is 5.98. The van der Waals surface area contributed by atoms with Gasteiger partial charge < -0.3 is 14.6 Å². The predicted molar refractivity (Wildman–Crippen MR) is 97.7 cm³/mol. The summed E-state index contributed by atoms with van der Waals surface area (Å²) in [5.41, 5.74) is 2.07. The van der Waals surface area contributed by atoms with Crippen LogP contribution < -0.4 is 10.1 Å². The first-order valence-electron chi connectivity index (χ1n) is 8.55. The van der Waals surface area contributed by atoms with Crippen molar-refractivity contribution in [2.45, 2.75) is 19.8 Å². The molecule has 0 aliphatic rings. The molecular weight excluding hydrogens is 330 g/mol. The third kappa shape index (κ3) is 5.17. The number of aryl methyl sites for hydroxylation is 2. The first-order chi connectivity index (χ1) is 12.7. The van der Waals surface area contributed by atoms with Crippen LogP contribution >= 0.6 is 0 Å². The number of rotatable bonds is 8. The van der Waals surface area contributed by atoms with E-state index >= 15 is 0 Å². The Balaban J connectivity index is 1.35. The van der Waals surface area contributed by atoms with Gasteiger partial charge in [0.15, 0.2) is 6.61 Å². The van der Waals surface area contributed by atoms with Crippen LogP contribution in [0.15, 0.2) is 59.1 Å². The molecular formula is C20H21N3O3. The van der Waals surface area contributed by atoms with Crippen LogP contribution in [0.5, 0.6) is 5.75 Å².